The second-order valence-electron chi connectivity index (χ2n) is 7.17. The summed E-state index contributed by atoms with van der Waals surface area (Å²) in [6.07, 6.45) is 0.769. The molecule has 2 aromatic heterocycles. The number of carbonyl (C=O) groups excluding carboxylic acids is 1. The minimum Gasteiger partial charge on any atom is -0.497 e. The molecule has 154 valence electrons. The van der Waals surface area contributed by atoms with Crippen molar-refractivity contribution in [3.8, 4) is 5.75 Å². The normalized spacial score (nSPS) is 12.2. The molecule has 1 amide bonds. The van der Waals surface area contributed by atoms with Crippen LogP contribution in [0.1, 0.15) is 18.1 Å². The van der Waals surface area contributed by atoms with Gasteiger partial charge in [0.2, 0.25) is 5.91 Å². The second-order valence-corrected chi connectivity index (χ2v) is 8.48. The van der Waals surface area contributed by atoms with E-state index in [-0.39, 0.29) is 11.2 Å². The maximum atomic E-state index is 12.6. The molecule has 0 fully saturated rings. The average molecular weight is 421 g/mol. The summed E-state index contributed by atoms with van der Waals surface area (Å²) in [5.74, 6) is 0.817. The van der Waals surface area contributed by atoms with Gasteiger partial charge in [-0.05, 0) is 55.7 Å². The zero-order valence-electron chi connectivity index (χ0n) is 17.3. The molecule has 0 radical (unpaired) electrons. The van der Waals surface area contributed by atoms with Crippen molar-refractivity contribution in [1.82, 2.24) is 19.9 Å². The molecule has 4 aromatic rings. The highest BCUT2D eigenvalue weighted by Gasteiger charge is 2.19. The van der Waals surface area contributed by atoms with Crippen LogP contribution in [0.25, 0.3) is 16.6 Å². The summed E-state index contributed by atoms with van der Waals surface area (Å²) in [6.45, 7) is 4.55. The molecule has 0 aliphatic carbocycles. The summed E-state index contributed by atoms with van der Waals surface area (Å²) in [5.41, 5.74) is 4.15. The van der Waals surface area contributed by atoms with E-state index in [9.17, 15) is 4.79 Å². The minimum absolute atomic E-state index is 0.0123. The van der Waals surface area contributed by atoms with E-state index >= 15 is 0 Å². The number of para-hydroxylation sites is 1. The minimum atomic E-state index is -0.284. The Morgan fingerprint density at radius 1 is 1.17 bits per heavy atom. The van der Waals surface area contributed by atoms with Gasteiger partial charge in [0.15, 0.2) is 10.8 Å². The van der Waals surface area contributed by atoms with Crippen molar-refractivity contribution in [3.63, 3.8) is 0 Å². The van der Waals surface area contributed by atoms with Crippen molar-refractivity contribution in [3.05, 3.63) is 65.7 Å². The molecule has 0 saturated carbocycles. The van der Waals surface area contributed by atoms with Crippen molar-refractivity contribution in [2.24, 2.45) is 0 Å². The molecular weight excluding hydrogens is 396 g/mol. The first kappa shape index (κ1) is 20.2. The molecule has 1 unspecified atom stereocenters. The van der Waals surface area contributed by atoms with Crippen LogP contribution in [0.3, 0.4) is 0 Å². The number of pyridine rings is 1. The highest BCUT2D eigenvalue weighted by molar-refractivity contribution is 8.00. The highest BCUT2D eigenvalue weighted by Crippen LogP contribution is 2.27. The number of nitrogens with zero attached hydrogens (tertiary/aromatic N) is 3. The van der Waals surface area contributed by atoms with Crippen molar-refractivity contribution in [2.75, 3.05) is 13.7 Å². The highest BCUT2D eigenvalue weighted by atomic mass is 32.2. The van der Waals surface area contributed by atoms with Crippen LogP contribution in [0, 0.1) is 6.92 Å². The summed E-state index contributed by atoms with van der Waals surface area (Å²) in [5, 5.41) is 13.3. The fraction of sp³-hybridized carbons (Fsp3) is 0.261. The van der Waals surface area contributed by atoms with Gasteiger partial charge in [0.05, 0.1) is 17.9 Å². The lowest BCUT2D eigenvalue weighted by Crippen LogP contribution is -2.32. The van der Waals surface area contributed by atoms with E-state index in [4.69, 9.17) is 4.74 Å². The van der Waals surface area contributed by atoms with Crippen molar-refractivity contribution < 1.29 is 9.53 Å². The smallest absolute Gasteiger partial charge is 0.233 e. The number of nitrogens with one attached hydrogen (secondary N) is 1. The van der Waals surface area contributed by atoms with Crippen LogP contribution in [0.15, 0.2) is 59.8 Å². The maximum absolute atomic E-state index is 12.6. The Bertz CT molecular complexity index is 1190. The van der Waals surface area contributed by atoms with Gasteiger partial charge in [0, 0.05) is 11.9 Å². The molecule has 0 spiro atoms. The predicted molar refractivity (Wildman–Crippen MR) is 120 cm³/mol. The molecule has 7 heteroatoms. The molecule has 4 rings (SSSR count). The number of hydrogen-bond donors (Lipinski definition) is 1. The number of aryl methyl sites for hydroxylation is 1. The second kappa shape index (κ2) is 8.75. The number of amides is 1. The number of carbonyl (C=O) groups is 1. The number of ether oxygens (including phenoxy) is 1. The van der Waals surface area contributed by atoms with Crippen LogP contribution >= 0.6 is 11.8 Å². The lowest BCUT2D eigenvalue weighted by atomic mass is 10.1. The third kappa shape index (κ3) is 4.11. The molecule has 0 aliphatic rings. The van der Waals surface area contributed by atoms with Crippen molar-refractivity contribution >= 4 is 34.2 Å². The molecular formula is C23H24N4O2S. The fourth-order valence-electron chi connectivity index (χ4n) is 3.43. The number of hydrogen-bond acceptors (Lipinski definition) is 5. The van der Waals surface area contributed by atoms with Crippen LogP contribution < -0.4 is 10.1 Å². The quantitative estimate of drug-likeness (QED) is 0.457. The van der Waals surface area contributed by atoms with Gasteiger partial charge >= 0.3 is 0 Å². The van der Waals surface area contributed by atoms with Gasteiger partial charge < -0.3 is 10.1 Å². The molecule has 2 heterocycles. The number of aromatic nitrogens is 3. The van der Waals surface area contributed by atoms with E-state index in [1.807, 2.05) is 53.8 Å². The third-order valence-electron chi connectivity index (χ3n) is 5.10. The lowest BCUT2D eigenvalue weighted by molar-refractivity contribution is -0.120. The SMILES string of the molecule is COc1ccc(CCNC(=O)C(C)Sc2nnc3cc(C)c4ccccc4n23)cc1. The summed E-state index contributed by atoms with van der Waals surface area (Å²) in [7, 11) is 1.65. The Kier molecular flexibility index (Phi) is 5.90. The van der Waals surface area contributed by atoms with Gasteiger partial charge in [-0.3, -0.25) is 9.20 Å². The van der Waals surface area contributed by atoms with E-state index in [0.717, 1.165) is 45.0 Å². The third-order valence-corrected chi connectivity index (χ3v) is 6.14. The topological polar surface area (TPSA) is 68.5 Å². The van der Waals surface area contributed by atoms with Crippen molar-refractivity contribution in [1.29, 1.82) is 0 Å². The molecule has 1 atom stereocenters. The molecule has 0 aliphatic heterocycles. The van der Waals surface area contributed by atoms with Gasteiger partial charge in [-0.25, -0.2) is 0 Å². The summed E-state index contributed by atoms with van der Waals surface area (Å²) in [4.78, 5) is 12.6. The van der Waals surface area contributed by atoms with E-state index in [2.05, 4.69) is 34.6 Å². The summed E-state index contributed by atoms with van der Waals surface area (Å²) in [6, 6.07) is 18.1. The summed E-state index contributed by atoms with van der Waals surface area (Å²) >= 11 is 1.42. The molecule has 30 heavy (non-hydrogen) atoms. The number of thioether (sulfide) groups is 1. The van der Waals surface area contributed by atoms with Crippen LogP contribution in [0.2, 0.25) is 0 Å². The standard InChI is InChI=1S/C23H24N4O2S/c1-15-14-21-25-26-23(27(21)20-7-5-4-6-19(15)20)30-16(2)22(28)24-13-12-17-8-10-18(29-3)11-9-17/h4-11,14,16H,12-13H2,1-3H3,(H,24,28). The van der Waals surface area contributed by atoms with Gasteiger partial charge in [0.1, 0.15) is 5.75 Å². The van der Waals surface area contributed by atoms with Crippen LogP contribution in [-0.4, -0.2) is 39.4 Å². The first-order valence-corrected chi connectivity index (χ1v) is 10.8. The summed E-state index contributed by atoms with van der Waals surface area (Å²) < 4.78 is 7.19. The van der Waals surface area contributed by atoms with Crippen LogP contribution in [0.4, 0.5) is 0 Å². The zero-order valence-corrected chi connectivity index (χ0v) is 18.1. The predicted octanol–water partition coefficient (Wildman–Crippen LogP) is 4.04. The zero-order chi connectivity index (χ0) is 21.1. The Labute approximate surface area is 179 Å². The molecule has 0 saturated heterocycles. The maximum Gasteiger partial charge on any atom is 0.233 e. The van der Waals surface area contributed by atoms with Crippen LogP contribution in [0.5, 0.6) is 5.75 Å². The number of fused-ring (bicyclic) bond motifs is 3. The largest absolute Gasteiger partial charge is 0.497 e. The average Bonchev–Trinajstić information content (AvgIpc) is 3.16. The number of methoxy groups -OCH3 is 1. The van der Waals surface area contributed by atoms with Gasteiger partial charge in [-0.1, -0.05) is 42.1 Å². The van der Waals surface area contributed by atoms with Crippen molar-refractivity contribution in [2.45, 2.75) is 30.7 Å². The molecule has 6 nitrogen and oxygen atoms in total. The fourth-order valence-corrected chi connectivity index (χ4v) is 4.32. The van der Waals surface area contributed by atoms with E-state index in [1.54, 1.807) is 7.11 Å². The van der Waals surface area contributed by atoms with Gasteiger partial charge in [0.25, 0.3) is 0 Å². The number of benzene rings is 2. The van der Waals surface area contributed by atoms with Crippen LogP contribution in [-0.2, 0) is 11.2 Å². The van der Waals surface area contributed by atoms with E-state index in [0.29, 0.717) is 6.54 Å². The molecule has 2 aromatic carbocycles. The van der Waals surface area contributed by atoms with E-state index < -0.39 is 0 Å². The van der Waals surface area contributed by atoms with Gasteiger partial charge in [-0.2, -0.15) is 0 Å². The molecule has 0 bridgehead atoms. The Hall–Kier alpha value is -3.06. The monoisotopic (exact) mass is 420 g/mol. The van der Waals surface area contributed by atoms with Gasteiger partial charge in [-0.15, -0.1) is 10.2 Å². The first-order valence-electron chi connectivity index (χ1n) is 9.87. The Morgan fingerprint density at radius 3 is 2.70 bits per heavy atom. The first-order chi connectivity index (χ1) is 14.6. The van der Waals surface area contributed by atoms with E-state index in [1.165, 1.54) is 11.8 Å². The number of rotatable bonds is 7. The lowest BCUT2D eigenvalue weighted by Gasteiger charge is -2.12. The Balaban J connectivity index is 1.43. The Morgan fingerprint density at radius 2 is 1.93 bits per heavy atom. The molecule has 1 N–H and O–H groups in total.